The largest absolute Gasteiger partial charge is 0.490 e. The summed E-state index contributed by atoms with van der Waals surface area (Å²) in [5, 5.41) is 6.75. The van der Waals surface area contributed by atoms with E-state index in [0.29, 0.717) is 35.7 Å². The van der Waals surface area contributed by atoms with Crippen LogP contribution in [0.15, 0.2) is 53.1 Å². The average molecular weight is 421 g/mol. The highest BCUT2D eigenvalue weighted by Crippen LogP contribution is 2.24. The number of aryl methyl sites for hydroxylation is 1. The van der Waals surface area contributed by atoms with Crippen molar-refractivity contribution in [1.29, 1.82) is 0 Å². The maximum absolute atomic E-state index is 12.7. The highest BCUT2D eigenvalue weighted by Gasteiger charge is 2.15. The standard InChI is InChI=1S/C24H27N3O4/c1-17-26-23(27-31-17)16-29-22-10-6-5-9-21(22)24(28)25-15-18-11-13-20(14-12-18)30-19-7-3-2-4-8-19/h5-6,9-14,19H,2-4,7-8,15-16H2,1H3,(H,25,28). The van der Waals surface area contributed by atoms with Crippen molar-refractivity contribution in [2.75, 3.05) is 0 Å². The van der Waals surface area contributed by atoms with E-state index in [4.69, 9.17) is 14.0 Å². The molecule has 0 saturated heterocycles. The molecule has 3 aromatic rings. The molecule has 0 unspecified atom stereocenters. The Morgan fingerprint density at radius 1 is 1.10 bits per heavy atom. The van der Waals surface area contributed by atoms with Gasteiger partial charge in [0.1, 0.15) is 11.5 Å². The Balaban J connectivity index is 1.31. The van der Waals surface area contributed by atoms with Gasteiger partial charge in [-0.3, -0.25) is 4.79 Å². The molecule has 1 saturated carbocycles. The zero-order chi connectivity index (χ0) is 21.5. The topological polar surface area (TPSA) is 86.5 Å². The lowest BCUT2D eigenvalue weighted by Crippen LogP contribution is -2.23. The van der Waals surface area contributed by atoms with E-state index in [2.05, 4.69) is 15.5 Å². The van der Waals surface area contributed by atoms with E-state index in [9.17, 15) is 4.79 Å². The van der Waals surface area contributed by atoms with Crippen molar-refractivity contribution < 1.29 is 18.8 Å². The van der Waals surface area contributed by atoms with Crippen molar-refractivity contribution in [1.82, 2.24) is 15.5 Å². The first-order chi connectivity index (χ1) is 15.2. The van der Waals surface area contributed by atoms with Crippen molar-refractivity contribution in [2.45, 2.75) is 58.3 Å². The second-order valence-corrected chi connectivity index (χ2v) is 7.72. The Morgan fingerprint density at radius 3 is 2.61 bits per heavy atom. The van der Waals surface area contributed by atoms with E-state index in [1.54, 1.807) is 25.1 Å². The summed E-state index contributed by atoms with van der Waals surface area (Å²) in [6.45, 7) is 2.26. The number of ether oxygens (including phenoxy) is 2. The van der Waals surface area contributed by atoms with Gasteiger partial charge in [0.2, 0.25) is 11.7 Å². The Morgan fingerprint density at radius 2 is 1.87 bits per heavy atom. The van der Waals surface area contributed by atoms with Gasteiger partial charge in [-0.25, -0.2) is 0 Å². The van der Waals surface area contributed by atoms with Gasteiger partial charge in [0, 0.05) is 13.5 Å². The Kier molecular flexibility index (Phi) is 6.82. The molecular formula is C24H27N3O4. The number of para-hydroxylation sites is 1. The summed E-state index contributed by atoms with van der Waals surface area (Å²) >= 11 is 0. The van der Waals surface area contributed by atoms with E-state index in [0.717, 1.165) is 24.2 Å². The van der Waals surface area contributed by atoms with Gasteiger partial charge in [-0.15, -0.1) is 0 Å². The number of amides is 1. The molecule has 1 aliphatic rings. The summed E-state index contributed by atoms with van der Waals surface area (Å²) in [5.74, 6) is 2.06. The predicted molar refractivity (Wildman–Crippen MR) is 115 cm³/mol. The minimum absolute atomic E-state index is 0.129. The molecule has 31 heavy (non-hydrogen) atoms. The quantitative estimate of drug-likeness (QED) is 0.572. The van der Waals surface area contributed by atoms with Gasteiger partial charge in [-0.1, -0.05) is 35.8 Å². The highest BCUT2D eigenvalue weighted by atomic mass is 16.5. The van der Waals surface area contributed by atoms with Crippen molar-refractivity contribution in [2.24, 2.45) is 0 Å². The van der Waals surface area contributed by atoms with Crippen LogP contribution in [0.1, 0.15) is 59.7 Å². The lowest BCUT2D eigenvalue weighted by atomic mass is 9.98. The van der Waals surface area contributed by atoms with E-state index in [1.165, 1.54) is 19.3 Å². The fourth-order valence-electron chi connectivity index (χ4n) is 3.66. The van der Waals surface area contributed by atoms with E-state index < -0.39 is 0 Å². The molecular weight excluding hydrogens is 394 g/mol. The van der Waals surface area contributed by atoms with Crippen LogP contribution in [0.5, 0.6) is 11.5 Å². The fraction of sp³-hybridized carbons (Fsp3) is 0.375. The number of nitrogens with zero attached hydrogens (tertiary/aromatic N) is 2. The number of benzene rings is 2. The second kappa shape index (κ2) is 10.1. The maximum atomic E-state index is 12.7. The summed E-state index contributed by atoms with van der Waals surface area (Å²) < 4.78 is 16.7. The van der Waals surface area contributed by atoms with Crippen molar-refractivity contribution in [3.8, 4) is 11.5 Å². The number of carbonyl (C=O) groups is 1. The summed E-state index contributed by atoms with van der Waals surface area (Å²) in [6.07, 6.45) is 6.39. The molecule has 0 bridgehead atoms. The normalized spacial score (nSPS) is 14.2. The van der Waals surface area contributed by atoms with E-state index >= 15 is 0 Å². The minimum Gasteiger partial charge on any atom is -0.490 e. The molecule has 4 rings (SSSR count). The maximum Gasteiger partial charge on any atom is 0.255 e. The number of hydrogen-bond donors (Lipinski definition) is 1. The van der Waals surface area contributed by atoms with Gasteiger partial charge in [0.25, 0.3) is 5.91 Å². The molecule has 7 heteroatoms. The first kappa shape index (κ1) is 20.9. The van der Waals surface area contributed by atoms with Crippen molar-refractivity contribution in [3.05, 3.63) is 71.4 Å². The van der Waals surface area contributed by atoms with Gasteiger partial charge < -0.3 is 19.3 Å². The molecule has 7 nitrogen and oxygen atoms in total. The predicted octanol–water partition coefficient (Wildman–Crippen LogP) is 4.60. The summed E-state index contributed by atoms with van der Waals surface area (Å²) in [7, 11) is 0. The molecule has 0 atom stereocenters. The molecule has 1 amide bonds. The van der Waals surface area contributed by atoms with Crippen LogP contribution in [0.25, 0.3) is 0 Å². The van der Waals surface area contributed by atoms with Crippen LogP contribution in [-0.2, 0) is 13.2 Å². The van der Waals surface area contributed by atoms with Crippen LogP contribution < -0.4 is 14.8 Å². The molecule has 0 aliphatic heterocycles. The molecule has 1 aliphatic carbocycles. The van der Waals surface area contributed by atoms with Crippen LogP contribution >= 0.6 is 0 Å². The van der Waals surface area contributed by atoms with Crippen molar-refractivity contribution in [3.63, 3.8) is 0 Å². The zero-order valence-electron chi connectivity index (χ0n) is 17.7. The number of nitrogens with one attached hydrogen (secondary N) is 1. The molecule has 1 fully saturated rings. The van der Waals surface area contributed by atoms with Gasteiger partial charge >= 0.3 is 0 Å². The molecule has 1 aromatic heterocycles. The number of hydrogen-bond acceptors (Lipinski definition) is 6. The van der Waals surface area contributed by atoms with Crippen LogP contribution in [0.2, 0.25) is 0 Å². The third kappa shape index (κ3) is 5.84. The van der Waals surface area contributed by atoms with E-state index in [1.807, 2.05) is 30.3 Å². The number of aromatic nitrogens is 2. The third-order valence-electron chi connectivity index (χ3n) is 5.29. The minimum atomic E-state index is -0.206. The highest BCUT2D eigenvalue weighted by molar-refractivity contribution is 5.96. The number of carbonyl (C=O) groups excluding carboxylic acids is 1. The summed E-state index contributed by atoms with van der Waals surface area (Å²) in [5.41, 5.74) is 1.46. The monoisotopic (exact) mass is 421 g/mol. The molecule has 0 radical (unpaired) electrons. The fourth-order valence-corrected chi connectivity index (χ4v) is 3.66. The third-order valence-corrected chi connectivity index (χ3v) is 5.29. The summed E-state index contributed by atoms with van der Waals surface area (Å²) in [6, 6.07) is 15.0. The zero-order valence-corrected chi connectivity index (χ0v) is 17.7. The average Bonchev–Trinajstić information content (AvgIpc) is 3.23. The van der Waals surface area contributed by atoms with E-state index in [-0.39, 0.29) is 12.5 Å². The number of rotatable bonds is 8. The summed E-state index contributed by atoms with van der Waals surface area (Å²) in [4.78, 5) is 16.8. The lowest BCUT2D eigenvalue weighted by molar-refractivity contribution is 0.0946. The smallest absolute Gasteiger partial charge is 0.255 e. The Hall–Kier alpha value is -3.35. The Labute approximate surface area is 181 Å². The van der Waals surface area contributed by atoms with Crippen LogP contribution in [0.4, 0.5) is 0 Å². The first-order valence-electron chi connectivity index (χ1n) is 10.7. The van der Waals surface area contributed by atoms with Crippen LogP contribution in [0.3, 0.4) is 0 Å². The molecule has 162 valence electrons. The molecule has 1 heterocycles. The lowest BCUT2D eigenvalue weighted by Gasteiger charge is -2.23. The SMILES string of the molecule is Cc1nc(COc2ccccc2C(=O)NCc2ccc(OC3CCCCC3)cc2)no1. The molecule has 0 spiro atoms. The van der Waals surface area contributed by atoms with Crippen LogP contribution in [0, 0.1) is 6.92 Å². The van der Waals surface area contributed by atoms with Gasteiger partial charge in [-0.2, -0.15) is 4.98 Å². The van der Waals surface area contributed by atoms with Gasteiger partial charge in [0.05, 0.1) is 11.7 Å². The van der Waals surface area contributed by atoms with Crippen LogP contribution in [-0.4, -0.2) is 22.2 Å². The second-order valence-electron chi connectivity index (χ2n) is 7.72. The molecule has 2 aromatic carbocycles. The van der Waals surface area contributed by atoms with Gasteiger partial charge in [0.15, 0.2) is 6.61 Å². The van der Waals surface area contributed by atoms with Crippen molar-refractivity contribution >= 4 is 5.91 Å². The molecule has 1 N–H and O–H groups in total. The Bertz CT molecular complexity index is 994. The first-order valence-corrected chi connectivity index (χ1v) is 10.7. The van der Waals surface area contributed by atoms with Gasteiger partial charge in [-0.05, 0) is 55.5 Å².